The second-order valence-electron chi connectivity index (χ2n) is 8.02. The van der Waals surface area contributed by atoms with E-state index < -0.39 is 6.04 Å². The van der Waals surface area contributed by atoms with Crippen LogP contribution < -0.4 is 5.32 Å². The van der Waals surface area contributed by atoms with Crippen LogP contribution in [0, 0.1) is 5.82 Å². The summed E-state index contributed by atoms with van der Waals surface area (Å²) in [4.78, 5) is 28.4. The Balaban J connectivity index is 1.99. The molecule has 0 aliphatic carbocycles. The predicted octanol–water partition coefficient (Wildman–Crippen LogP) is 5.84. The molecule has 2 amide bonds. The van der Waals surface area contributed by atoms with Gasteiger partial charge in [-0.1, -0.05) is 78.7 Å². The molecule has 0 spiro atoms. The highest BCUT2D eigenvalue weighted by molar-refractivity contribution is 6.36. The van der Waals surface area contributed by atoms with Crippen LogP contribution in [-0.2, 0) is 29.0 Å². The first-order valence-electron chi connectivity index (χ1n) is 11.2. The normalized spacial score (nSPS) is 11.6. The summed E-state index contributed by atoms with van der Waals surface area (Å²) < 4.78 is 13.4. The van der Waals surface area contributed by atoms with E-state index in [1.807, 2.05) is 37.3 Å². The lowest BCUT2D eigenvalue weighted by atomic mass is 10.0. The topological polar surface area (TPSA) is 49.4 Å². The lowest BCUT2D eigenvalue weighted by Crippen LogP contribution is -2.51. The summed E-state index contributed by atoms with van der Waals surface area (Å²) in [5.41, 5.74) is 2.14. The fourth-order valence-electron chi connectivity index (χ4n) is 3.65. The van der Waals surface area contributed by atoms with E-state index in [4.69, 9.17) is 23.2 Å². The number of amides is 2. The van der Waals surface area contributed by atoms with Crippen molar-refractivity contribution in [3.05, 3.63) is 105 Å². The molecule has 3 aromatic rings. The summed E-state index contributed by atoms with van der Waals surface area (Å²) in [5.74, 6) is -0.909. The first-order chi connectivity index (χ1) is 16.4. The van der Waals surface area contributed by atoms with Gasteiger partial charge in [0, 0.05) is 35.1 Å². The highest BCUT2D eigenvalue weighted by Gasteiger charge is 2.31. The molecule has 0 fully saturated rings. The molecule has 0 radical (unpaired) electrons. The Morgan fingerprint density at radius 2 is 1.56 bits per heavy atom. The van der Waals surface area contributed by atoms with Crippen molar-refractivity contribution in [2.45, 2.75) is 38.8 Å². The van der Waals surface area contributed by atoms with E-state index in [2.05, 4.69) is 5.32 Å². The van der Waals surface area contributed by atoms with Gasteiger partial charge >= 0.3 is 0 Å². The molecule has 0 aliphatic heterocycles. The number of benzene rings is 3. The molecule has 0 saturated carbocycles. The van der Waals surface area contributed by atoms with Crippen molar-refractivity contribution in [2.24, 2.45) is 0 Å². The van der Waals surface area contributed by atoms with Crippen molar-refractivity contribution in [3.63, 3.8) is 0 Å². The van der Waals surface area contributed by atoms with E-state index in [0.717, 1.165) is 12.0 Å². The van der Waals surface area contributed by atoms with Crippen LogP contribution in [0.15, 0.2) is 72.8 Å². The molecule has 3 aromatic carbocycles. The number of halogens is 3. The van der Waals surface area contributed by atoms with E-state index in [-0.39, 0.29) is 30.6 Å². The Morgan fingerprint density at radius 3 is 2.18 bits per heavy atom. The molecule has 178 valence electrons. The third-order valence-corrected chi connectivity index (χ3v) is 6.19. The molecule has 4 nitrogen and oxygen atoms in total. The first-order valence-corrected chi connectivity index (χ1v) is 11.9. The number of hydrogen-bond acceptors (Lipinski definition) is 2. The molecular formula is C27H27Cl2FN2O2. The fourth-order valence-corrected chi connectivity index (χ4v) is 4.17. The van der Waals surface area contributed by atoms with Crippen LogP contribution in [0.4, 0.5) is 4.39 Å². The maximum atomic E-state index is 13.6. The van der Waals surface area contributed by atoms with Gasteiger partial charge < -0.3 is 10.2 Å². The van der Waals surface area contributed by atoms with Gasteiger partial charge in [-0.15, -0.1) is 0 Å². The SMILES string of the molecule is CCCNC(=O)C(Cc1ccccc1)N(Cc1c(Cl)cccc1Cl)C(=O)Cc1ccc(F)cc1. The lowest BCUT2D eigenvalue weighted by Gasteiger charge is -2.32. The Hall–Kier alpha value is -2.89. The second kappa shape index (κ2) is 12.5. The summed E-state index contributed by atoms with van der Waals surface area (Å²) in [7, 11) is 0. The highest BCUT2D eigenvalue weighted by Crippen LogP contribution is 2.27. The second-order valence-corrected chi connectivity index (χ2v) is 8.84. The number of hydrogen-bond donors (Lipinski definition) is 1. The molecule has 0 bridgehead atoms. The summed E-state index contributed by atoms with van der Waals surface area (Å²) in [5, 5.41) is 3.76. The Morgan fingerprint density at radius 1 is 0.912 bits per heavy atom. The van der Waals surface area contributed by atoms with Gasteiger partial charge in [0.2, 0.25) is 11.8 Å². The van der Waals surface area contributed by atoms with Crippen molar-refractivity contribution in [1.82, 2.24) is 10.2 Å². The minimum absolute atomic E-state index is 0.00863. The number of rotatable bonds is 10. The van der Waals surface area contributed by atoms with Gasteiger partial charge in [-0.25, -0.2) is 4.39 Å². The minimum atomic E-state index is -0.783. The van der Waals surface area contributed by atoms with Crippen molar-refractivity contribution in [1.29, 1.82) is 0 Å². The molecule has 0 aliphatic rings. The Labute approximate surface area is 209 Å². The molecular weight excluding hydrogens is 474 g/mol. The van der Waals surface area contributed by atoms with Crippen molar-refractivity contribution >= 4 is 35.0 Å². The summed E-state index contributed by atoms with van der Waals surface area (Å²) in [6.07, 6.45) is 1.10. The van der Waals surface area contributed by atoms with E-state index >= 15 is 0 Å². The zero-order chi connectivity index (χ0) is 24.5. The van der Waals surface area contributed by atoms with Gasteiger partial charge in [0.25, 0.3) is 0 Å². The third-order valence-electron chi connectivity index (χ3n) is 5.48. The molecule has 1 N–H and O–H groups in total. The average molecular weight is 501 g/mol. The number of carbonyl (C=O) groups is 2. The molecule has 0 saturated heterocycles. The lowest BCUT2D eigenvalue weighted by molar-refractivity contribution is -0.140. The molecule has 1 unspecified atom stereocenters. The smallest absolute Gasteiger partial charge is 0.243 e. The van der Waals surface area contributed by atoms with Crippen LogP contribution in [0.2, 0.25) is 10.0 Å². The number of nitrogens with one attached hydrogen (secondary N) is 1. The maximum Gasteiger partial charge on any atom is 0.243 e. The number of carbonyl (C=O) groups excluding carboxylic acids is 2. The molecule has 0 heterocycles. The minimum Gasteiger partial charge on any atom is -0.354 e. The van der Waals surface area contributed by atoms with Crippen molar-refractivity contribution in [2.75, 3.05) is 6.54 Å². The average Bonchev–Trinajstić information content (AvgIpc) is 2.83. The van der Waals surface area contributed by atoms with Gasteiger partial charge in [0.15, 0.2) is 0 Å². The highest BCUT2D eigenvalue weighted by atomic mass is 35.5. The molecule has 7 heteroatoms. The van der Waals surface area contributed by atoms with Gasteiger partial charge in [-0.05, 0) is 41.8 Å². The quantitative estimate of drug-likeness (QED) is 0.380. The van der Waals surface area contributed by atoms with Crippen LogP contribution in [0.3, 0.4) is 0 Å². The van der Waals surface area contributed by atoms with Crippen LogP contribution in [0.25, 0.3) is 0 Å². The first kappa shape index (κ1) is 25.7. The maximum absolute atomic E-state index is 13.6. The van der Waals surface area contributed by atoms with E-state index in [1.54, 1.807) is 30.3 Å². The monoisotopic (exact) mass is 500 g/mol. The number of nitrogens with zero attached hydrogens (tertiary/aromatic N) is 1. The van der Waals surface area contributed by atoms with Crippen molar-refractivity contribution in [3.8, 4) is 0 Å². The van der Waals surface area contributed by atoms with E-state index in [1.165, 1.54) is 17.0 Å². The zero-order valence-electron chi connectivity index (χ0n) is 18.9. The van der Waals surface area contributed by atoms with Crippen LogP contribution in [-0.4, -0.2) is 29.3 Å². The van der Waals surface area contributed by atoms with Crippen LogP contribution in [0.5, 0.6) is 0 Å². The van der Waals surface area contributed by atoms with Crippen LogP contribution in [0.1, 0.15) is 30.0 Å². The molecule has 3 rings (SSSR count). The largest absolute Gasteiger partial charge is 0.354 e. The predicted molar refractivity (Wildman–Crippen MR) is 134 cm³/mol. The van der Waals surface area contributed by atoms with Gasteiger partial charge in [0.05, 0.1) is 6.42 Å². The zero-order valence-corrected chi connectivity index (χ0v) is 20.5. The Kier molecular flexibility index (Phi) is 9.49. The van der Waals surface area contributed by atoms with Crippen molar-refractivity contribution < 1.29 is 14.0 Å². The molecule has 0 aromatic heterocycles. The summed E-state index contributed by atoms with van der Waals surface area (Å²) in [6.45, 7) is 2.53. The standard InChI is InChI=1S/C27H27Cl2FN2O2/c1-2-15-31-27(34)25(16-19-7-4-3-5-8-19)32(18-22-23(28)9-6-10-24(22)29)26(33)17-20-11-13-21(30)14-12-20/h3-14,25H,2,15-18H2,1H3,(H,31,34). The van der Waals surface area contributed by atoms with Gasteiger partial charge in [-0.3, -0.25) is 9.59 Å². The Bertz CT molecular complexity index is 1090. The fraction of sp³-hybridized carbons (Fsp3) is 0.259. The van der Waals surface area contributed by atoms with Crippen LogP contribution >= 0.6 is 23.2 Å². The molecule has 34 heavy (non-hydrogen) atoms. The summed E-state index contributed by atoms with van der Waals surface area (Å²) in [6, 6.07) is 19.6. The third kappa shape index (κ3) is 7.05. The van der Waals surface area contributed by atoms with E-state index in [0.29, 0.717) is 34.1 Å². The van der Waals surface area contributed by atoms with Gasteiger partial charge in [0.1, 0.15) is 11.9 Å². The summed E-state index contributed by atoms with van der Waals surface area (Å²) >= 11 is 12.8. The van der Waals surface area contributed by atoms with Gasteiger partial charge in [-0.2, -0.15) is 0 Å². The van der Waals surface area contributed by atoms with E-state index in [9.17, 15) is 14.0 Å². The molecule has 1 atom stereocenters.